The number of halogens is 3. The second-order valence-electron chi connectivity index (χ2n) is 5.73. The van der Waals surface area contributed by atoms with E-state index in [-0.39, 0.29) is 12.1 Å². The standard InChI is InChI=1S/C18H15F3N2O2S/c1-3-23-16(24)14-10(2)13(26-15(14)22-17(23)25)9-6-11-4-7-12(8-5-11)18(19,20)21/h4-9H,3H2,1-2H3,(H,22,25). The van der Waals surface area contributed by atoms with Crippen LogP contribution in [0.3, 0.4) is 0 Å². The average molecular weight is 380 g/mol. The quantitative estimate of drug-likeness (QED) is 0.738. The lowest BCUT2D eigenvalue weighted by Crippen LogP contribution is -2.34. The Balaban J connectivity index is 2.00. The van der Waals surface area contributed by atoms with E-state index in [4.69, 9.17) is 0 Å². The van der Waals surface area contributed by atoms with Crippen LogP contribution in [0.2, 0.25) is 0 Å². The Hall–Kier alpha value is -2.61. The zero-order valence-electron chi connectivity index (χ0n) is 14.0. The molecule has 0 aliphatic rings. The fraction of sp³-hybridized carbons (Fsp3) is 0.222. The van der Waals surface area contributed by atoms with Crippen molar-refractivity contribution < 1.29 is 13.2 Å². The maximum Gasteiger partial charge on any atom is 0.416 e. The fourth-order valence-corrected chi connectivity index (χ4v) is 3.76. The Labute approximate surface area is 150 Å². The van der Waals surface area contributed by atoms with Gasteiger partial charge in [-0.05, 0) is 43.2 Å². The van der Waals surface area contributed by atoms with Gasteiger partial charge in [0, 0.05) is 11.4 Å². The van der Waals surface area contributed by atoms with E-state index in [0.29, 0.717) is 15.8 Å². The predicted molar refractivity (Wildman–Crippen MR) is 97.5 cm³/mol. The molecule has 3 aromatic rings. The molecule has 0 saturated carbocycles. The molecular weight excluding hydrogens is 365 g/mol. The number of alkyl halides is 3. The van der Waals surface area contributed by atoms with Gasteiger partial charge in [-0.25, -0.2) is 4.79 Å². The molecule has 0 amide bonds. The van der Waals surface area contributed by atoms with Gasteiger partial charge in [-0.2, -0.15) is 13.2 Å². The number of fused-ring (bicyclic) bond motifs is 1. The van der Waals surface area contributed by atoms with E-state index in [1.165, 1.54) is 23.5 Å². The molecule has 0 bridgehead atoms. The van der Waals surface area contributed by atoms with Crippen LogP contribution >= 0.6 is 11.3 Å². The molecule has 136 valence electrons. The average Bonchev–Trinajstić information content (AvgIpc) is 2.88. The number of aryl methyl sites for hydroxylation is 1. The highest BCUT2D eigenvalue weighted by molar-refractivity contribution is 7.19. The van der Waals surface area contributed by atoms with Crippen LogP contribution in [0.1, 0.15) is 28.5 Å². The number of benzene rings is 1. The number of rotatable bonds is 3. The lowest BCUT2D eigenvalue weighted by Gasteiger charge is -2.05. The highest BCUT2D eigenvalue weighted by Crippen LogP contribution is 2.30. The molecule has 26 heavy (non-hydrogen) atoms. The first-order valence-corrected chi connectivity index (χ1v) is 8.65. The molecule has 0 atom stereocenters. The first-order valence-electron chi connectivity index (χ1n) is 7.84. The van der Waals surface area contributed by atoms with Crippen molar-refractivity contribution >= 4 is 33.7 Å². The number of aromatic nitrogens is 2. The summed E-state index contributed by atoms with van der Waals surface area (Å²) in [7, 11) is 0. The van der Waals surface area contributed by atoms with E-state index in [9.17, 15) is 22.8 Å². The van der Waals surface area contributed by atoms with Crippen LogP contribution in [0, 0.1) is 6.92 Å². The van der Waals surface area contributed by atoms with Crippen LogP contribution < -0.4 is 11.2 Å². The molecule has 0 fully saturated rings. The van der Waals surface area contributed by atoms with Gasteiger partial charge in [0.25, 0.3) is 5.56 Å². The number of nitrogens with zero attached hydrogens (tertiary/aromatic N) is 1. The topological polar surface area (TPSA) is 54.9 Å². The van der Waals surface area contributed by atoms with Gasteiger partial charge in [0.05, 0.1) is 10.9 Å². The van der Waals surface area contributed by atoms with Gasteiger partial charge in [-0.15, -0.1) is 11.3 Å². The van der Waals surface area contributed by atoms with Gasteiger partial charge in [0.15, 0.2) is 0 Å². The summed E-state index contributed by atoms with van der Waals surface area (Å²) >= 11 is 1.26. The van der Waals surface area contributed by atoms with Crippen LogP contribution in [0.15, 0.2) is 33.9 Å². The Morgan fingerprint density at radius 3 is 2.38 bits per heavy atom. The van der Waals surface area contributed by atoms with Gasteiger partial charge >= 0.3 is 11.9 Å². The summed E-state index contributed by atoms with van der Waals surface area (Å²) < 4.78 is 38.9. The lowest BCUT2D eigenvalue weighted by atomic mass is 10.1. The molecule has 0 aliphatic carbocycles. The minimum atomic E-state index is -4.37. The third kappa shape index (κ3) is 3.24. The van der Waals surface area contributed by atoms with Gasteiger partial charge in [-0.1, -0.05) is 18.2 Å². The normalized spacial score (nSPS) is 12.3. The number of H-pyrrole nitrogens is 1. The SMILES string of the molecule is CCn1c(=O)[nH]c2sc(C=Cc3ccc(C(F)(F)F)cc3)c(C)c2c1=O. The molecule has 1 aromatic carbocycles. The molecule has 0 aliphatic heterocycles. The fourth-order valence-electron chi connectivity index (χ4n) is 2.67. The maximum atomic E-state index is 12.6. The Morgan fingerprint density at radius 2 is 1.81 bits per heavy atom. The molecule has 3 rings (SSSR count). The van der Waals surface area contributed by atoms with Gasteiger partial charge in [-0.3, -0.25) is 14.3 Å². The van der Waals surface area contributed by atoms with E-state index >= 15 is 0 Å². The summed E-state index contributed by atoms with van der Waals surface area (Å²) in [5.41, 5.74) is -0.157. The molecule has 2 heterocycles. The third-order valence-corrected chi connectivity index (χ3v) is 5.26. The van der Waals surface area contributed by atoms with Crippen LogP contribution in [0.25, 0.3) is 22.4 Å². The van der Waals surface area contributed by atoms with E-state index in [2.05, 4.69) is 4.98 Å². The molecule has 1 N–H and O–H groups in total. The van der Waals surface area contributed by atoms with Crippen molar-refractivity contribution in [3.05, 3.63) is 66.7 Å². The number of hydrogen-bond donors (Lipinski definition) is 1. The molecule has 0 unspecified atom stereocenters. The molecular formula is C18H15F3N2O2S. The summed E-state index contributed by atoms with van der Waals surface area (Å²) in [5.74, 6) is 0. The summed E-state index contributed by atoms with van der Waals surface area (Å²) in [6.45, 7) is 3.77. The zero-order valence-corrected chi connectivity index (χ0v) is 14.8. The van der Waals surface area contributed by atoms with Crippen molar-refractivity contribution in [2.75, 3.05) is 0 Å². The monoisotopic (exact) mass is 380 g/mol. The second-order valence-corrected chi connectivity index (χ2v) is 6.78. The van der Waals surface area contributed by atoms with Crippen LogP contribution in [-0.4, -0.2) is 9.55 Å². The van der Waals surface area contributed by atoms with E-state index < -0.39 is 17.4 Å². The second kappa shape index (κ2) is 6.60. The summed E-state index contributed by atoms with van der Waals surface area (Å²) in [6.07, 6.45) is -0.958. The maximum absolute atomic E-state index is 12.6. The molecule has 0 spiro atoms. The lowest BCUT2D eigenvalue weighted by molar-refractivity contribution is -0.137. The molecule has 4 nitrogen and oxygen atoms in total. The van der Waals surface area contributed by atoms with Crippen LogP contribution in [-0.2, 0) is 12.7 Å². The third-order valence-electron chi connectivity index (χ3n) is 4.09. The first-order chi connectivity index (χ1) is 12.2. The highest BCUT2D eigenvalue weighted by atomic mass is 32.1. The Bertz CT molecular complexity index is 1100. The summed E-state index contributed by atoms with van der Waals surface area (Å²) in [4.78, 5) is 28.3. The number of nitrogens with one attached hydrogen (secondary N) is 1. The minimum Gasteiger partial charge on any atom is -0.298 e. The van der Waals surface area contributed by atoms with Gasteiger partial charge in [0.2, 0.25) is 0 Å². The van der Waals surface area contributed by atoms with Crippen LogP contribution in [0.5, 0.6) is 0 Å². The number of aromatic amines is 1. The number of hydrogen-bond acceptors (Lipinski definition) is 3. The van der Waals surface area contributed by atoms with Crippen molar-refractivity contribution in [3.8, 4) is 0 Å². The minimum absolute atomic E-state index is 0.274. The molecule has 0 radical (unpaired) electrons. The van der Waals surface area contributed by atoms with Crippen molar-refractivity contribution in [2.45, 2.75) is 26.6 Å². The van der Waals surface area contributed by atoms with Crippen molar-refractivity contribution in [1.82, 2.24) is 9.55 Å². The first kappa shape index (κ1) is 18.2. The number of thiophene rings is 1. The summed E-state index contributed by atoms with van der Waals surface area (Å²) in [6, 6.07) is 4.81. The zero-order chi connectivity index (χ0) is 19.1. The van der Waals surface area contributed by atoms with Gasteiger partial charge < -0.3 is 0 Å². The molecule has 8 heteroatoms. The van der Waals surface area contributed by atoms with E-state index in [0.717, 1.165) is 27.1 Å². The van der Waals surface area contributed by atoms with Crippen molar-refractivity contribution in [3.63, 3.8) is 0 Å². The predicted octanol–water partition coefficient (Wildman–Crippen LogP) is 4.27. The smallest absolute Gasteiger partial charge is 0.298 e. The van der Waals surface area contributed by atoms with Crippen molar-refractivity contribution in [1.29, 1.82) is 0 Å². The Kier molecular flexibility index (Phi) is 4.62. The molecule has 0 saturated heterocycles. The molecule has 2 aromatic heterocycles. The highest BCUT2D eigenvalue weighted by Gasteiger charge is 2.29. The van der Waals surface area contributed by atoms with E-state index in [1.54, 1.807) is 26.0 Å². The van der Waals surface area contributed by atoms with Gasteiger partial charge in [0.1, 0.15) is 4.83 Å². The van der Waals surface area contributed by atoms with E-state index in [1.807, 2.05) is 0 Å². The van der Waals surface area contributed by atoms with Crippen LogP contribution in [0.4, 0.5) is 13.2 Å². The largest absolute Gasteiger partial charge is 0.416 e. The summed E-state index contributed by atoms with van der Waals surface area (Å²) in [5, 5.41) is 0.462. The Morgan fingerprint density at radius 1 is 1.15 bits per heavy atom. The van der Waals surface area contributed by atoms with Crippen molar-refractivity contribution in [2.24, 2.45) is 0 Å².